The number of ether oxygens (including phenoxy) is 1. The third-order valence-corrected chi connectivity index (χ3v) is 4.02. The first-order chi connectivity index (χ1) is 14.1. The predicted molar refractivity (Wildman–Crippen MR) is 96.6 cm³/mol. The highest BCUT2D eigenvalue weighted by atomic mass is 79.9. The normalized spacial score (nSPS) is 11.6. The summed E-state index contributed by atoms with van der Waals surface area (Å²) in [6.45, 7) is -1.81. The molecule has 160 valence electrons. The molecule has 3 heterocycles. The first-order valence-electron chi connectivity index (χ1n) is 8.05. The molecule has 0 unspecified atom stereocenters. The van der Waals surface area contributed by atoms with Gasteiger partial charge in [0, 0.05) is 0 Å². The molecule has 1 N–H and O–H groups in total. The molecule has 0 aliphatic carbocycles. The first kappa shape index (κ1) is 21.5. The summed E-state index contributed by atoms with van der Waals surface area (Å²) < 4.78 is 48.6. The Balaban J connectivity index is 1.56. The number of rotatable bonds is 8. The fourth-order valence-corrected chi connectivity index (χ4v) is 2.74. The molecule has 0 spiro atoms. The van der Waals surface area contributed by atoms with Gasteiger partial charge in [0.1, 0.15) is 30.1 Å². The lowest BCUT2D eigenvalue weighted by atomic mass is 10.4. The number of nitrogens with one attached hydrogen (secondary N) is 1. The van der Waals surface area contributed by atoms with E-state index in [1.807, 2.05) is 0 Å². The Morgan fingerprint density at radius 1 is 1.33 bits per heavy atom. The highest BCUT2D eigenvalue weighted by Crippen LogP contribution is 2.23. The lowest BCUT2D eigenvalue weighted by Crippen LogP contribution is -2.18. The number of alkyl halides is 3. The van der Waals surface area contributed by atoms with Gasteiger partial charge in [-0.05, 0) is 33.0 Å². The van der Waals surface area contributed by atoms with Gasteiger partial charge in [-0.3, -0.25) is 4.79 Å². The second-order valence-electron chi connectivity index (χ2n) is 5.84. The van der Waals surface area contributed by atoms with Gasteiger partial charge in [-0.2, -0.15) is 23.0 Å². The monoisotopic (exact) mass is 492 g/mol. The van der Waals surface area contributed by atoms with Crippen molar-refractivity contribution in [3.63, 3.8) is 0 Å². The van der Waals surface area contributed by atoms with Crippen LogP contribution in [0.1, 0.15) is 16.3 Å². The van der Waals surface area contributed by atoms with E-state index in [0.29, 0.717) is 5.76 Å². The van der Waals surface area contributed by atoms with Crippen LogP contribution in [0.2, 0.25) is 0 Å². The number of anilines is 1. The fraction of sp³-hybridized carbons (Fsp3) is 0.267. The van der Waals surface area contributed by atoms with Crippen LogP contribution in [0.3, 0.4) is 0 Å². The minimum atomic E-state index is -4.45. The van der Waals surface area contributed by atoms with Crippen LogP contribution in [0, 0.1) is 10.1 Å². The topological polar surface area (TPSA) is 130 Å². The van der Waals surface area contributed by atoms with Crippen LogP contribution in [0.4, 0.5) is 24.7 Å². The predicted octanol–water partition coefficient (Wildman–Crippen LogP) is 3.18. The summed E-state index contributed by atoms with van der Waals surface area (Å²) in [4.78, 5) is 22.4. The number of aromatic nitrogens is 4. The minimum absolute atomic E-state index is 0.0493. The molecule has 15 heteroatoms. The Hall–Kier alpha value is -3.20. The van der Waals surface area contributed by atoms with Crippen LogP contribution in [0.15, 0.2) is 39.6 Å². The maximum Gasteiger partial charge on any atom is 0.411 e. The summed E-state index contributed by atoms with van der Waals surface area (Å²) in [6, 6.07) is 2.90. The highest BCUT2D eigenvalue weighted by Gasteiger charge is 2.27. The van der Waals surface area contributed by atoms with Gasteiger partial charge in [-0.1, -0.05) is 0 Å². The van der Waals surface area contributed by atoms with Crippen molar-refractivity contribution in [3.05, 3.63) is 56.8 Å². The summed E-state index contributed by atoms with van der Waals surface area (Å²) in [5.74, 6) is -0.700. The summed E-state index contributed by atoms with van der Waals surface area (Å²) in [7, 11) is 0. The van der Waals surface area contributed by atoms with Crippen molar-refractivity contribution in [1.82, 2.24) is 19.6 Å². The Bertz CT molecular complexity index is 1060. The molecule has 30 heavy (non-hydrogen) atoms. The van der Waals surface area contributed by atoms with Gasteiger partial charge >= 0.3 is 12.0 Å². The molecule has 3 rings (SSSR count). The maximum atomic E-state index is 12.2. The molecule has 0 fully saturated rings. The van der Waals surface area contributed by atoms with E-state index >= 15 is 0 Å². The highest BCUT2D eigenvalue weighted by molar-refractivity contribution is 9.10. The summed E-state index contributed by atoms with van der Waals surface area (Å²) in [6.07, 6.45) is -0.522. The first-order valence-corrected chi connectivity index (χ1v) is 8.84. The number of halogens is 4. The molecule has 0 saturated carbocycles. The van der Waals surface area contributed by atoms with Crippen molar-refractivity contribution < 1.29 is 32.0 Å². The average molecular weight is 493 g/mol. The van der Waals surface area contributed by atoms with Crippen molar-refractivity contribution in [2.45, 2.75) is 19.5 Å². The van der Waals surface area contributed by atoms with Gasteiger partial charge in [0.25, 0.3) is 5.91 Å². The van der Waals surface area contributed by atoms with Gasteiger partial charge in [-0.25, -0.2) is 4.68 Å². The number of hydrogen-bond acceptors (Lipinski definition) is 7. The molecular formula is C15H12BrF3N6O5. The van der Waals surface area contributed by atoms with Crippen LogP contribution in [-0.4, -0.2) is 43.2 Å². The molecule has 0 aliphatic rings. The van der Waals surface area contributed by atoms with Crippen LogP contribution >= 0.6 is 15.9 Å². The van der Waals surface area contributed by atoms with Gasteiger partial charge in [0.15, 0.2) is 5.76 Å². The third kappa shape index (κ3) is 5.66. The molecule has 1 amide bonds. The number of nitro groups is 1. The van der Waals surface area contributed by atoms with E-state index in [1.54, 1.807) is 0 Å². The Labute approximate surface area is 173 Å². The fourth-order valence-electron chi connectivity index (χ4n) is 2.28. The summed E-state index contributed by atoms with van der Waals surface area (Å²) in [5.41, 5.74) is 0.222. The van der Waals surface area contributed by atoms with Crippen LogP contribution < -0.4 is 5.32 Å². The van der Waals surface area contributed by atoms with E-state index in [4.69, 9.17) is 4.42 Å². The SMILES string of the molecule is O=C(Nc1cnn(COCC(F)(F)F)c1)c1ccc(Cn2cc(Br)c([N+](=O)[O-])n2)o1. The van der Waals surface area contributed by atoms with Gasteiger partial charge < -0.3 is 24.6 Å². The summed E-state index contributed by atoms with van der Waals surface area (Å²) in [5, 5.41) is 20.9. The van der Waals surface area contributed by atoms with Crippen LogP contribution in [-0.2, 0) is 18.0 Å². The molecule has 3 aromatic heterocycles. The van der Waals surface area contributed by atoms with Crippen LogP contribution in [0.25, 0.3) is 0 Å². The van der Waals surface area contributed by atoms with E-state index in [0.717, 1.165) is 4.68 Å². The summed E-state index contributed by atoms with van der Waals surface area (Å²) >= 11 is 3.03. The van der Waals surface area contributed by atoms with E-state index in [-0.39, 0.29) is 28.3 Å². The number of nitrogens with zero attached hydrogens (tertiary/aromatic N) is 5. The number of amides is 1. The standard InChI is InChI=1S/C15H12BrF3N6O5/c16-11-6-23(22-13(11)25(27)28)5-10-1-2-12(30-10)14(26)21-9-3-20-24(4-9)8-29-7-15(17,18)19/h1-4,6H,5,7-8H2,(H,21,26). The second kappa shape index (κ2) is 8.66. The van der Waals surface area contributed by atoms with Gasteiger partial charge in [-0.15, -0.1) is 0 Å². The number of carbonyl (C=O) groups excluding carboxylic acids is 1. The molecule has 3 aromatic rings. The molecule has 0 saturated heterocycles. The molecule has 0 radical (unpaired) electrons. The number of hydrogen-bond donors (Lipinski definition) is 1. The smallest absolute Gasteiger partial charge is 0.411 e. The lowest BCUT2D eigenvalue weighted by molar-refractivity contribution is -0.390. The van der Waals surface area contributed by atoms with Gasteiger partial charge in [0.2, 0.25) is 0 Å². The quantitative estimate of drug-likeness (QED) is 0.377. The lowest BCUT2D eigenvalue weighted by Gasteiger charge is -2.07. The van der Waals surface area contributed by atoms with Crippen molar-refractivity contribution in [2.75, 3.05) is 11.9 Å². The van der Waals surface area contributed by atoms with E-state index in [1.165, 1.54) is 35.4 Å². The molecule has 0 aliphatic heterocycles. The van der Waals surface area contributed by atoms with E-state index < -0.39 is 30.3 Å². The number of furan rings is 1. The third-order valence-electron chi connectivity index (χ3n) is 3.46. The number of carbonyl (C=O) groups is 1. The second-order valence-corrected chi connectivity index (χ2v) is 6.69. The van der Waals surface area contributed by atoms with Gasteiger partial charge in [0.05, 0.1) is 29.4 Å². The zero-order valence-electron chi connectivity index (χ0n) is 14.8. The molecule has 11 nitrogen and oxygen atoms in total. The Kier molecular flexibility index (Phi) is 6.21. The van der Waals surface area contributed by atoms with Crippen molar-refractivity contribution in [1.29, 1.82) is 0 Å². The zero-order chi connectivity index (χ0) is 21.9. The van der Waals surface area contributed by atoms with Crippen LogP contribution in [0.5, 0.6) is 0 Å². The van der Waals surface area contributed by atoms with Crippen molar-refractivity contribution in [2.24, 2.45) is 0 Å². The maximum absolute atomic E-state index is 12.2. The average Bonchev–Trinajstić information content (AvgIpc) is 3.35. The minimum Gasteiger partial charge on any atom is -0.454 e. The Morgan fingerprint density at radius 2 is 2.10 bits per heavy atom. The largest absolute Gasteiger partial charge is 0.454 e. The Morgan fingerprint density at radius 3 is 2.77 bits per heavy atom. The van der Waals surface area contributed by atoms with Crippen molar-refractivity contribution >= 4 is 33.3 Å². The zero-order valence-corrected chi connectivity index (χ0v) is 16.4. The molecular weight excluding hydrogens is 481 g/mol. The van der Waals surface area contributed by atoms with Crippen molar-refractivity contribution in [3.8, 4) is 0 Å². The van der Waals surface area contributed by atoms with E-state index in [2.05, 4.69) is 36.2 Å². The van der Waals surface area contributed by atoms with E-state index in [9.17, 15) is 28.1 Å². The molecule has 0 atom stereocenters. The molecule has 0 bridgehead atoms. The molecule has 0 aromatic carbocycles.